The Morgan fingerprint density at radius 2 is 2.17 bits per heavy atom. The fourth-order valence-corrected chi connectivity index (χ4v) is 1.41. The highest BCUT2D eigenvalue weighted by molar-refractivity contribution is 5.80. The van der Waals surface area contributed by atoms with E-state index in [0.29, 0.717) is 0 Å². The number of hydrogen-bond donors (Lipinski definition) is 0. The molecule has 1 heterocycles. The molecule has 0 N–H and O–H groups in total. The van der Waals surface area contributed by atoms with Crippen molar-refractivity contribution in [3.05, 3.63) is 42.5 Å². The van der Waals surface area contributed by atoms with Crippen LogP contribution >= 0.6 is 0 Å². The maximum Gasteiger partial charge on any atom is 0.141 e. The molecule has 0 aliphatic rings. The Morgan fingerprint density at radius 1 is 1.33 bits per heavy atom. The smallest absolute Gasteiger partial charge is 0.141 e. The molecular weight excluding hydrogens is 228 g/mol. The zero-order valence-electron chi connectivity index (χ0n) is 10.4. The Labute approximate surface area is 106 Å². The van der Waals surface area contributed by atoms with Crippen LogP contribution in [-0.2, 0) is 0 Å². The summed E-state index contributed by atoms with van der Waals surface area (Å²) in [6.45, 7) is 2.90. The monoisotopic (exact) mass is 244 g/mol. The Bertz CT molecular complexity index is 493. The molecule has 5 heteroatoms. The summed E-state index contributed by atoms with van der Waals surface area (Å²) in [5.74, 6) is 0.871. The Morgan fingerprint density at radius 3 is 2.94 bits per heavy atom. The predicted octanol–water partition coefficient (Wildman–Crippen LogP) is 2.34. The van der Waals surface area contributed by atoms with Gasteiger partial charge in [0, 0.05) is 0 Å². The van der Waals surface area contributed by atoms with Crippen molar-refractivity contribution in [1.29, 1.82) is 0 Å². The minimum absolute atomic E-state index is 0.753. The number of unbranched alkanes of at least 4 members (excludes halogenated alkanes) is 1. The molecule has 0 atom stereocenters. The molecule has 2 aromatic rings. The van der Waals surface area contributed by atoms with Gasteiger partial charge in [0.25, 0.3) is 0 Å². The first kappa shape index (κ1) is 12.3. The van der Waals surface area contributed by atoms with Crippen LogP contribution in [-0.4, -0.2) is 27.7 Å². The summed E-state index contributed by atoms with van der Waals surface area (Å²) >= 11 is 0. The number of hydrogen-bond acceptors (Lipinski definition) is 4. The Balaban J connectivity index is 1.98. The quantitative estimate of drug-likeness (QED) is 0.579. The number of rotatable bonds is 6. The third-order valence-corrected chi connectivity index (χ3v) is 2.37. The van der Waals surface area contributed by atoms with E-state index in [1.807, 2.05) is 24.3 Å². The van der Waals surface area contributed by atoms with Crippen LogP contribution < -0.4 is 4.74 Å². The van der Waals surface area contributed by atoms with Gasteiger partial charge < -0.3 is 4.74 Å². The largest absolute Gasteiger partial charge is 0.494 e. The molecule has 0 amide bonds. The molecular formula is C13H16N4O. The molecule has 2 rings (SSSR count). The van der Waals surface area contributed by atoms with Gasteiger partial charge >= 0.3 is 0 Å². The molecule has 0 bridgehead atoms. The molecule has 0 aliphatic carbocycles. The van der Waals surface area contributed by atoms with Gasteiger partial charge in [-0.05, 0) is 24.1 Å². The van der Waals surface area contributed by atoms with E-state index in [1.165, 1.54) is 12.7 Å². The van der Waals surface area contributed by atoms with Crippen molar-refractivity contribution < 1.29 is 4.74 Å². The summed E-state index contributed by atoms with van der Waals surface area (Å²) in [7, 11) is 0. The molecule has 18 heavy (non-hydrogen) atoms. The zero-order chi connectivity index (χ0) is 12.6. The lowest BCUT2D eigenvalue weighted by Crippen LogP contribution is -1.97. The highest BCUT2D eigenvalue weighted by atomic mass is 16.5. The second-order valence-corrected chi connectivity index (χ2v) is 3.86. The van der Waals surface area contributed by atoms with Crippen LogP contribution in [0.1, 0.15) is 25.3 Å². The maximum atomic E-state index is 5.63. The van der Waals surface area contributed by atoms with Crippen LogP contribution in [0, 0.1) is 0 Å². The molecule has 1 aromatic carbocycles. The van der Waals surface area contributed by atoms with Crippen molar-refractivity contribution in [2.24, 2.45) is 5.10 Å². The van der Waals surface area contributed by atoms with Gasteiger partial charge in [-0.3, -0.25) is 0 Å². The van der Waals surface area contributed by atoms with Crippen LogP contribution in [0.25, 0.3) is 0 Å². The molecule has 94 valence electrons. The second kappa shape index (κ2) is 6.54. The van der Waals surface area contributed by atoms with Crippen molar-refractivity contribution in [3.8, 4) is 5.75 Å². The lowest BCUT2D eigenvalue weighted by molar-refractivity contribution is 0.309. The Kier molecular flexibility index (Phi) is 4.46. The van der Waals surface area contributed by atoms with E-state index < -0.39 is 0 Å². The van der Waals surface area contributed by atoms with Gasteiger partial charge in [-0.15, -0.1) is 10.2 Å². The van der Waals surface area contributed by atoms with Gasteiger partial charge in [-0.2, -0.15) is 5.10 Å². The minimum atomic E-state index is 0.753. The topological polar surface area (TPSA) is 52.3 Å². The molecule has 0 saturated carbocycles. The van der Waals surface area contributed by atoms with E-state index in [1.54, 1.807) is 10.9 Å². The molecule has 0 aliphatic heterocycles. The summed E-state index contributed by atoms with van der Waals surface area (Å²) in [6, 6.07) is 7.84. The predicted molar refractivity (Wildman–Crippen MR) is 69.9 cm³/mol. The lowest BCUT2D eigenvalue weighted by atomic mass is 10.2. The minimum Gasteiger partial charge on any atom is -0.494 e. The molecule has 0 unspecified atom stereocenters. The number of aromatic nitrogens is 3. The van der Waals surface area contributed by atoms with Gasteiger partial charge in [0.15, 0.2) is 0 Å². The van der Waals surface area contributed by atoms with E-state index in [9.17, 15) is 0 Å². The van der Waals surface area contributed by atoms with Gasteiger partial charge in [-0.25, -0.2) is 4.68 Å². The average Bonchev–Trinajstić information content (AvgIpc) is 2.90. The van der Waals surface area contributed by atoms with Gasteiger partial charge in [0.2, 0.25) is 0 Å². The van der Waals surface area contributed by atoms with E-state index in [2.05, 4.69) is 22.2 Å². The molecule has 0 fully saturated rings. The highest BCUT2D eigenvalue weighted by Crippen LogP contribution is 2.12. The first-order valence-electron chi connectivity index (χ1n) is 6.00. The number of ether oxygens (including phenoxy) is 1. The summed E-state index contributed by atoms with van der Waals surface area (Å²) in [6.07, 6.45) is 7.03. The maximum absolute atomic E-state index is 5.63. The summed E-state index contributed by atoms with van der Waals surface area (Å²) in [5, 5.41) is 11.5. The third-order valence-electron chi connectivity index (χ3n) is 2.37. The van der Waals surface area contributed by atoms with Crippen molar-refractivity contribution in [2.75, 3.05) is 6.61 Å². The second-order valence-electron chi connectivity index (χ2n) is 3.86. The van der Waals surface area contributed by atoms with Crippen molar-refractivity contribution in [2.45, 2.75) is 19.8 Å². The summed E-state index contributed by atoms with van der Waals surface area (Å²) in [5.41, 5.74) is 0.984. The number of nitrogens with zero attached hydrogens (tertiary/aromatic N) is 4. The first-order valence-corrected chi connectivity index (χ1v) is 6.00. The lowest BCUT2D eigenvalue weighted by Gasteiger charge is -2.05. The number of benzene rings is 1. The van der Waals surface area contributed by atoms with Crippen LogP contribution in [0.15, 0.2) is 42.0 Å². The van der Waals surface area contributed by atoms with Crippen molar-refractivity contribution in [1.82, 2.24) is 14.9 Å². The van der Waals surface area contributed by atoms with Gasteiger partial charge in [-0.1, -0.05) is 25.5 Å². The third kappa shape index (κ3) is 3.69. The average molecular weight is 244 g/mol. The first-order chi connectivity index (χ1) is 8.88. The standard InChI is InChI=1S/C13H16N4O/c1-2-3-7-18-13-6-4-5-12(8-13)9-16-17-10-14-15-11-17/h4-6,8-11H,2-3,7H2,1H3/b16-9-. The fraction of sp³-hybridized carbons (Fsp3) is 0.308. The summed E-state index contributed by atoms with van der Waals surface area (Å²) in [4.78, 5) is 0. The Hall–Kier alpha value is -2.17. The molecule has 0 radical (unpaired) electrons. The van der Waals surface area contributed by atoms with E-state index in [0.717, 1.165) is 30.8 Å². The summed E-state index contributed by atoms with van der Waals surface area (Å²) < 4.78 is 7.18. The molecule has 0 spiro atoms. The van der Waals surface area contributed by atoms with Crippen LogP contribution in [0.2, 0.25) is 0 Å². The SMILES string of the molecule is CCCCOc1cccc(/C=N\n2cnnc2)c1. The van der Waals surface area contributed by atoms with Crippen molar-refractivity contribution >= 4 is 6.21 Å². The van der Waals surface area contributed by atoms with Crippen molar-refractivity contribution in [3.63, 3.8) is 0 Å². The fourth-order valence-electron chi connectivity index (χ4n) is 1.41. The normalized spacial score (nSPS) is 10.9. The highest BCUT2D eigenvalue weighted by Gasteiger charge is 1.95. The van der Waals surface area contributed by atoms with Crippen LogP contribution in [0.4, 0.5) is 0 Å². The van der Waals surface area contributed by atoms with Gasteiger partial charge in [0.1, 0.15) is 18.4 Å². The molecule has 1 aromatic heterocycles. The van der Waals surface area contributed by atoms with E-state index in [4.69, 9.17) is 4.74 Å². The van der Waals surface area contributed by atoms with E-state index in [-0.39, 0.29) is 0 Å². The molecule has 0 saturated heterocycles. The van der Waals surface area contributed by atoms with E-state index >= 15 is 0 Å². The molecule has 5 nitrogen and oxygen atoms in total. The van der Waals surface area contributed by atoms with Crippen LogP contribution in [0.5, 0.6) is 5.75 Å². The zero-order valence-corrected chi connectivity index (χ0v) is 10.4. The van der Waals surface area contributed by atoms with Crippen LogP contribution in [0.3, 0.4) is 0 Å². The van der Waals surface area contributed by atoms with Gasteiger partial charge in [0.05, 0.1) is 12.8 Å².